The summed E-state index contributed by atoms with van der Waals surface area (Å²) < 4.78 is 16.0. The number of hydrogen-bond acceptors (Lipinski definition) is 6. The van der Waals surface area contributed by atoms with Crippen LogP contribution in [0.15, 0.2) is 42.5 Å². The minimum Gasteiger partial charge on any atom is -0.493 e. The molecule has 1 N–H and O–H groups in total. The molecule has 0 spiro atoms. The van der Waals surface area contributed by atoms with Gasteiger partial charge in [0, 0.05) is 24.5 Å². The molecule has 0 aromatic heterocycles. The molecular formula is C24H30N2O5. The van der Waals surface area contributed by atoms with E-state index in [1.54, 1.807) is 25.1 Å². The van der Waals surface area contributed by atoms with Crippen molar-refractivity contribution in [3.8, 4) is 11.5 Å². The van der Waals surface area contributed by atoms with Crippen LogP contribution in [-0.4, -0.2) is 44.8 Å². The van der Waals surface area contributed by atoms with E-state index in [9.17, 15) is 9.59 Å². The van der Waals surface area contributed by atoms with Crippen molar-refractivity contribution in [2.45, 2.75) is 39.2 Å². The average molecular weight is 427 g/mol. The van der Waals surface area contributed by atoms with Gasteiger partial charge < -0.3 is 24.4 Å². The Kier molecular flexibility index (Phi) is 7.76. The number of carbonyl (C=O) groups is 2. The summed E-state index contributed by atoms with van der Waals surface area (Å²) in [6, 6.07) is 12.5. The molecule has 2 aromatic rings. The molecule has 7 heteroatoms. The zero-order valence-electron chi connectivity index (χ0n) is 18.3. The third-order valence-electron chi connectivity index (χ3n) is 5.21. The van der Waals surface area contributed by atoms with E-state index in [2.05, 4.69) is 10.2 Å². The van der Waals surface area contributed by atoms with E-state index in [-0.39, 0.29) is 5.56 Å². The Balaban J connectivity index is 1.57. The van der Waals surface area contributed by atoms with Crippen LogP contribution >= 0.6 is 0 Å². The SMILES string of the molecule is CCOc1cc(C(=O)O[C@@H](C)C(=O)Nc2ccc(N3CCCCC3)cc2)ccc1OC. The fourth-order valence-electron chi connectivity index (χ4n) is 3.51. The molecule has 2 aromatic carbocycles. The fourth-order valence-corrected chi connectivity index (χ4v) is 3.51. The third kappa shape index (κ3) is 5.90. The average Bonchev–Trinajstić information content (AvgIpc) is 2.80. The molecule has 0 radical (unpaired) electrons. The van der Waals surface area contributed by atoms with Crippen molar-refractivity contribution >= 4 is 23.3 Å². The van der Waals surface area contributed by atoms with E-state index in [1.807, 2.05) is 31.2 Å². The highest BCUT2D eigenvalue weighted by Gasteiger charge is 2.20. The molecule has 166 valence electrons. The summed E-state index contributed by atoms with van der Waals surface area (Å²) in [5.74, 6) is -0.0214. The van der Waals surface area contributed by atoms with Crippen molar-refractivity contribution in [3.05, 3.63) is 48.0 Å². The number of piperidine rings is 1. The summed E-state index contributed by atoms with van der Waals surface area (Å²) >= 11 is 0. The van der Waals surface area contributed by atoms with Gasteiger partial charge in [0.2, 0.25) is 0 Å². The second-order valence-electron chi connectivity index (χ2n) is 7.43. The molecule has 1 fully saturated rings. The van der Waals surface area contributed by atoms with Crippen LogP contribution in [0.3, 0.4) is 0 Å². The summed E-state index contributed by atoms with van der Waals surface area (Å²) in [5.41, 5.74) is 2.10. The van der Waals surface area contributed by atoms with Crippen molar-refractivity contribution in [2.24, 2.45) is 0 Å². The molecule has 1 heterocycles. The van der Waals surface area contributed by atoms with Crippen molar-refractivity contribution in [1.82, 2.24) is 0 Å². The molecule has 1 aliphatic rings. The highest BCUT2D eigenvalue weighted by atomic mass is 16.5. The van der Waals surface area contributed by atoms with Gasteiger partial charge in [0.1, 0.15) is 0 Å². The van der Waals surface area contributed by atoms with Gasteiger partial charge in [-0.1, -0.05) is 0 Å². The van der Waals surface area contributed by atoms with Gasteiger partial charge >= 0.3 is 5.97 Å². The smallest absolute Gasteiger partial charge is 0.339 e. The molecule has 1 saturated heterocycles. The van der Waals surface area contributed by atoms with Crippen LogP contribution in [0, 0.1) is 0 Å². The predicted molar refractivity (Wildman–Crippen MR) is 120 cm³/mol. The lowest BCUT2D eigenvalue weighted by Gasteiger charge is -2.28. The number of esters is 1. The monoisotopic (exact) mass is 426 g/mol. The Morgan fingerprint density at radius 3 is 2.39 bits per heavy atom. The van der Waals surface area contributed by atoms with Crippen LogP contribution in [0.4, 0.5) is 11.4 Å². The molecule has 0 saturated carbocycles. The third-order valence-corrected chi connectivity index (χ3v) is 5.21. The lowest BCUT2D eigenvalue weighted by Crippen LogP contribution is -2.30. The van der Waals surface area contributed by atoms with Crippen molar-refractivity contribution in [2.75, 3.05) is 37.0 Å². The molecule has 1 aliphatic heterocycles. The van der Waals surface area contributed by atoms with Gasteiger partial charge in [-0.3, -0.25) is 4.79 Å². The van der Waals surface area contributed by atoms with E-state index in [0.717, 1.165) is 18.8 Å². The number of nitrogens with one attached hydrogen (secondary N) is 1. The number of hydrogen-bond donors (Lipinski definition) is 1. The number of amides is 1. The molecule has 0 bridgehead atoms. The Hall–Kier alpha value is -3.22. The van der Waals surface area contributed by atoms with E-state index < -0.39 is 18.0 Å². The lowest BCUT2D eigenvalue weighted by molar-refractivity contribution is -0.123. The van der Waals surface area contributed by atoms with E-state index in [4.69, 9.17) is 14.2 Å². The Morgan fingerprint density at radius 2 is 1.74 bits per heavy atom. The second kappa shape index (κ2) is 10.7. The fraction of sp³-hybridized carbons (Fsp3) is 0.417. The highest BCUT2D eigenvalue weighted by molar-refractivity contribution is 5.97. The Morgan fingerprint density at radius 1 is 1.03 bits per heavy atom. The minimum absolute atomic E-state index is 0.287. The van der Waals surface area contributed by atoms with Crippen molar-refractivity contribution in [3.63, 3.8) is 0 Å². The van der Waals surface area contributed by atoms with Crippen molar-refractivity contribution in [1.29, 1.82) is 0 Å². The van der Waals surface area contributed by atoms with Gasteiger partial charge in [0.05, 0.1) is 19.3 Å². The molecule has 0 unspecified atom stereocenters. The molecule has 0 aliphatic carbocycles. The second-order valence-corrected chi connectivity index (χ2v) is 7.43. The number of benzene rings is 2. The summed E-state index contributed by atoms with van der Waals surface area (Å²) in [5, 5.41) is 2.80. The Labute approximate surface area is 183 Å². The van der Waals surface area contributed by atoms with Gasteiger partial charge in [-0.25, -0.2) is 4.79 Å². The van der Waals surface area contributed by atoms with Gasteiger partial charge in [0.15, 0.2) is 17.6 Å². The standard InChI is InChI=1S/C24H30N2O5/c1-4-30-22-16-18(8-13-21(22)29-3)24(28)31-17(2)23(27)25-19-9-11-20(12-10-19)26-14-6-5-7-15-26/h8-13,16-17H,4-7,14-15H2,1-3H3,(H,25,27)/t17-/m0/s1. The first-order valence-corrected chi connectivity index (χ1v) is 10.7. The van der Waals surface area contributed by atoms with Gasteiger partial charge in [0.25, 0.3) is 5.91 Å². The number of ether oxygens (including phenoxy) is 3. The largest absolute Gasteiger partial charge is 0.493 e. The number of nitrogens with zero attached hydrogens (tertiary/aromatic N) is 1. The van der Waals surface area contributed by atoms with Crippen LogP contribution in [0.1, 0.15) is 43.5 Å². The van der Waals surface area contributed by atoms with Crippen LogP contribution in [0.2, 0.25) is 0 Å². The van der Waals surface area contributed by atoms with Gasteiger partial charge in [-0.15, -0.1) is 0 Å². The van der Waals surface area contributed by atoms with Crippen molar-refractivity contribution < 1.29 is 23.8 Å². The molecule has 1 atom stereocenters. The quantitative estimate of drug-likeness (QED) is 0.636. The van der Waals surface area contributed by atoms with Gasteiger partial charge in [-0.2, -0.15) is 0 Å². The summed E-state index contributed by atoms with van der Waals surface area (Å²) in [6.45, 7) is 5.95. The van der Waals surface area contributed by atoms with E-state index >= 15 is 0 Å². The van der Waals surface area contributed by atoms with Crippen LogP contribution in [-0.2, 0) is 9.53 Å². The highest BCUT2D eigenvalue weighted by Crippen LogP contribution is 2.28. The maximum Gasteiger partial charge on any atom is 0.339 e. The van der Waals surface area contributed by atoms with E-state index in [0.29, 0.717) is 23.8 Å². The number of carbonyl (C=O) groups excluding carboxylic acids is 2. The van der Waals surface area contributed by atoms with Crippen LogP contribution in [0.25, 0.3) is 0 Å². The first-order valence-electron chi connectivity index (χ1n) is 10.7. The van der Waals surface area contributed by atoms with Gasteiger partial charge in [-0.05, 0) is 75.6 Å². The first-order chi connectivity index (χ1) is 15.0. The maximum absolute atomic E-state index is 12.5. The summed E-state index contributed by atoms with van der Waals surface area (Å²) in [7, 11) is 1.53. The topological polar surface area (TPSA) is 77.1 Å². The molecule has 7 nitrogen and oxygen atoms in total. The molecular weight excluding hydrogens is 396 g/mol. The van der Waals surface area contributed by atoms with Crippen LogP contribution < -0.4 is 19.7 Å². The normalized spacial score (nSPS) is 14.5. The summed E-state index contributed by atoms with van der Waals surface area (Å²) in [4.78, 5) is 27.3. The molecule has 3 rings (SSSR count). The Bertz CT molecular complexity index is 891. The molecule has 31 heavy (non-hydrogen) atoms. The van der Waals surface area contributed by atoms with Crippen LogP contribution in [0.5, 0.6) is 11.5 Å². The lowest BCUT2D eigenvalue weighted by atomic mass is 10.1. The van der Waals surface area contributed by atoms with E-state index in [1.165, 1.54) is 26.4 Å². The minimum atomic E-state index is -0.952. The molecule has 1 amide bonds. The first kappa shape index (κ1) is 22.5. The summed E-state index contributed by atoms with van der Waals surface area (Å²) in [6.07, 6.45) is 2.75. The zero-order valence-corrected chi connectivity index (χ0v) is 18.3. The predicted octanol–water partition coefficient (Wildman–Crippen LogP) is 4.27. The zero-order chi connectivity index (χ0) is 22.2. The maximum atomic E-state index is 12.5. The number of methoxy groups -OCH3 is 1. The number of rotatable bonds is 8. The number of anilines is 2.